The van der Waals surface area contributed by atoms with Gasteiger partial charge in [-0.2, -0.15) is 0 Å². The number of allylic oxidation sites excluding steroid dienone is 4. The largest absolute Gasteiger partial charge is 0.0845 e. The zero-order valence-electron chi connectivity index (χ0n) is 5.35. The molecule has 0 rings (SSSR count). The number of hydrogen-bond acceptors (Lipinski definition) is 0. The Morgan fingerprint density at radius 2 is 2.25 bits per heavy atom. The Kier molecular flexibility index (Phi) is 4.33. The average molecular weight is 108 g/mol. The highest BCUT2D eigenvalue weighted by Gasteiger charge is 1.68. The fraction of sp³-hybridized carbons (Fsp3) is 0.250. The quantitative estimate of drug-likeness (QED) is 0.477. The summed E-state index contributed by atoms with van der Waals surface area (Å²) in [5.74, 6) is 0. The molecular weight excluding hydrogens is 96.1 g/mol. The van der Waals surface area contributed by atoms with E-state index in [4.69, 9.17) is 0 Å². The summed E-state index contributed by atoms with van der Waals surface area (Å²) in [7, 11) is 0. The topological polar surface area (TPSA) is 0 Å². The van der Waals surface area contributed by atoms with Crippen molar-refractivity contribution in [2.45, 2.75) is 13.3 Å². The first kappa shape index (κ1) is 7.48. The molecule has 0 atom stereocenters. The van der Waals surface area contributed by atoms with Gasteiger partial charge in [-0.05, 0) is 27.2 Å². The summed E-state index contributed by atoms with van der Waals surface area (Å²) in [6.45, 7) is 9.31. The summed E-state index contributed by atoms with van der Waals surface area (Å²) >= 11 is 0. The van der Waals surface area contributed by atoms with E-state index in [1.165, 1.54) is 0 Å². The maximum atomic E-state index is 3.70. The molecule has 0 heteroatoms. The summed E-state index contributed by atoms with van der Waals surface area (Å²) in [5, 5.41) is 0. The van der Waals surface area contributed by atoms with E-state index in [-0.39, 0.29) is 0 Å². The minimum absolute atomic E-state index is 0.851. The van der Waals surface area contributed by atoms with Crippen LogP contribution in [0.4, 0.5) is 0 Å². The van der Waals surface area contributed by atoms with Gasteiger partial charge in [0.15, 0.2) is 0 Å². The first-order chi connectivity index (χ1) is 3.77. The van der Waals surface area contributed by atoms with Crippen molar-refractivity contribution in [3.8, 4) is 0 Å². The van der Waals surface area contributed by atoms with Crippen molar-refractivity contribution in [2.75, 3.05) is 0 Å². The molecule has 0 fully saturated rings. The van der Waals surface area contributed by atoms with Gasteiger partial charge in [0.05, 0.1) is 0 Å². The van der Waals surface area contributed by atoms with E-state index in [1.54, 1.807) is 0 Å². The molecule has 0 amide bonds. The molecule has 0 unspecified atom stereocenters. The summed E-state index contributed by atoms with van der Waals surface area (Å²) in [6, 6.07) is 0. The Morgan fingerprint density at radius 1 is 1.62 bits per heavy atom. The van der Waals surface area contributed by atoms with Crippen LogP contribution < -0.4 is 0 Å². The Labute approximate surface area is 51.9 Å². The second-order valence-corrected chi connectivity index (χ2v) is 1.73. The average Bonchev–Trinajstić information content (AvgIpc) is 1.66. The van der Waals surface area contributed by atoms with Crippen LogP contribution in [0.2, 0.25) is 0 Å². The van der Waals surface area contributed by atoms with Crippen molar-refractivity contribution in [1.82, 2.24) is 0 Å². The SMILES string of the molecule is [CH2]CC=CC=C([CH2])C. The molecule has 0 aromatic carbocycles. The molecule has 0 heterocycles. The fourth-order valence-corrected chi connectivity index (χ4v) is 0.329. The Hall–Kier alpha value is -0.520. The third kappa shape index (κ3) is 5.48. The molecule has 0 saturated carbocycles. The lowest BCUT2D eigenvalue weighted by Gasteiger charge is -1.79. The molecular formula is C8H12. The van der Waals surface area contributed by atoms with Crippen LogP contribution in [-0.4, -0.2) is 0 Å². The molecule has 44 valence electrons. The van der Waals surface area contributed by atoms with Crippen LogP contribution in [0.3, 0.4) is 0 Å². The van der Waals surface area contributed by atoms with Crippen LogP contribution in [0.1, 0.15) is 13.3 Å². The van der Waals surface area contributed by atoms with Crippen LogP contribution >= 0.6 is 0 Å². The number of hydrogen-bond donors (Lipinski definition) is 0. The lowest BCUT2D eigenvalue weighted by molar-refractivity contribution is 1.39. The van der Waals surface area contributed by atoms with Crippen molar-refractivity contribution < 1.29 is 0 Å². The zero-order chi connectivity index (χ0) is 6.41. The van der Waals surface area contributed by atoms with Crippen molar-refractivity contribution in [1.29, 1.82) is 0 Å². The molecule has 0 aliphatic rings. The second-order valence-electron chi connectivity index (χ2n) is 1.73. The molecule has 0 spiro atoms. The van der Waals surface area contributed by atoms with E-state index >= 15 is 0 Å². The van der Waals surface area contributed by atoms with E-state index < -0.39 is 0 Å². The fourth-order valence-electron chi connectivity index (χ4n) is 0.329. The minimum atomic E-state index is 0.851. The third-order valence-corrected chi connectivity index (χ3v) is 0.683. The van der Waals surface area contributed by atoms with Crippen LogP contribution in [-0.2, 0) is 0 Å². The molecule has 2 radical (unpaired) electrons. The molecule has 0 N–H and O–H groups in total. The van der Waals surface area contributed by atoms with Crippen molar-refractivity contribution >= 4 is 0 Å². The van der Waals surface area contributed by atoms with E-state index in [2.05, 4.69) is 13.8 Å². The van der Waals surface area contributed by atoms with Gasteiger partial charge in [-0.25, -0.2) is 0 Å². The predicted octanol–water partition coefficient (Wildman–Crippen LogP) is 2.55. The van der Waals surface area contributed by atoms with Crippen molar-refractivity contribution in [3.63, 3.8) is 0 Å². The van der Waals surface area contributed by atoms with Gasteiger partial charge in [-0.1, -0.05) is 23.8 Å². The monoisotopic (exact) mass is 108 g/mol. The van der Waals surface area contributed by atoms with Gasteiger partial charge in [0.2, 0.25) is 0 Å². The normalized spacial score (nSPS) is 13.1. The maximum Gasteiger partial charge on any atom is -0.0283 e. The van der Waals surface area contributed by atoms with E-state index in [9.17, 15) is 0 Å². The molecule has 0 aliphatic heterocycles. The Morgan fingerprint density at radius 3 is 2.62 bits per heavy atom. The molecule has 0 aromatic rings. The highest BCUT2D eigenvalue weighted by Crippen LogP contribution is 1.88. The van der Waals surface area contributed by atoms with E-state index in [0.717, 1.165) is 12.0 Å². The smallest absolute Gasteiger partial charge is 0.0283 e. The Balaban J connectivity index is 3.42. The third-order valence-electron chi connectivity index (χ3n) is 0.683. The molecule has 0 bridgehead atoms. The Bertz CT molecular complexity index is 92.6. The lowest BCUT2D eigenvalue weighted by atomic mass is 10.3. The highest BCUT2D eigenvalue weighted by atomic mass is 13.7. The second kappa shape index (κ2) is 4.63. The molecule has 0 aromatic heterocycles. The first-order valence-corrected chi connectivity index (χ1v) is 2.72. The minimum Gasteiger partial charge on any atom is -0.0845 e. The van der Waals surface area contributed by atoms with Gasteiger partial charge >= 0.3 is 0 Å². The summed E-state index contributed by atoms with van der Waals surface area (Å²) in [5.41, 5.74) is 1.08. The number of rotatable bonds is 2. The van der Waals surface area contributed by atoms with Crippen molar-refractivity contribution in [3.05, 3.63) is 37.6 Å². The predicted molar refractivity (Wildman–Crippen MR) is 38.2 cm³/mol. The van der Waals surface area contributed by atoms with Gasteiger partial charge in [0, 0.05) is 0 Å². The molecule has 8 heavy (non-hydrogen) atoms. The maximum absolute atomic E-state index is 3.70. The van der Waals surface area contributed by atoms with Crippen LogP contribution in [0.15, 0.2) is 23.8 Å². The lowest BCUT2D eigenvalue weighted by Crippen LogP contribution is -1.59. The van der Waals surface area contributed by atoms with Gasteiger partial charge < -0.3 is 0 Å². The standard InChI is InChI=1S/C8H12/c1-4-5-6-7-8(2)3/h5-7H,1-2,4H2,3H3. The zero-order valence-corrected chi connectivity index (χ0v) is 5.35. The van der Waals surface area contributed by atoms with Gasteiger partial charge in [-0.15, -0.1) is 0 Å². The van der Waals surface area contributed by atoms with E-state index in [0.29, 0.717) is 0 Å². The molecule has 0 aliphatic carbocycles. The van der Waals surface area contributed by atoms with Crippen LogP contribution in [0.25, 0.3) is 0 Å². The molecule has 0 saturated heterocycles. The van der Waals surface area contributed by atoms with Gasteiger partial charge in [-0.3, -0.25) is 0 Å². The van der Waals surface area contributed by atoms with Crippen molar-refractivity contribution in [2.24, 2.45) is 0 Å². The molecule has 0 nitrogen and oxygen atoms in total. The van der Waals surface area contributed by atoms with Crippen LogP contribution in [0, 0.1) is 13.8 Å². The summed E-state index contributed by atoms with van der Waals surface area (Å²) in [4.78, 5) is 0. The highest BCUT2D eigenvalue weighted by molar-refractivity contribution is 5.12. The van der Waals surface area contributed by atoms with E-state index in [1.807, 2.05) is 25.2 Å². The van der Waals surface area contributed by atoms with Crippen LogP contribution in [0.5, 0.6) is 0 Å². The summed E-state index contributed by atoms with van der Waals surface area (Å²) in [6.07, 6.45) is 6.78. The van der Waals surface area contributed by atoms with Gasteiger partial charge in [0.25, 0.3) is 0 Å². The first-order valence-electron chi connectivity index (χ1n) is 2.72. The van der Waals surface area contributed by atoms with Gasteiger partial charge in [0.1, 0.15) is 0 Å². The summed E-state index contributed by atoms with van der Waals surface area (Å²) < 4.78 is 0.